The maximum absolute atomic E-state index is 12.0. The highest BCUT2D eigenvalue weighted by molar-refractivity contribution is 5.66. The van der Waals surface area contributed by atoms with Gasteiger partial charge in [0.1, 0.15) is 6.10 Å². The molecule has 0 unspecified atom stereocenters. The van der Waals surface area contributed by atoms with Gasteiger partial charge < -0.3 is 28.8 Å². The molecule has 2 saturated carbocycles. The molecular weight excluding hydrogens is 428 g/mol. The van der Waals surface area contributed by atoms with Gasteiger partial charge in [0.25, 0.3) is 0 Å². The lowest BCUT2D eigenvalue weighted by molar-refractivity contribution is -0.362. The van der Waals surface area contributed by atoms with E-state index < -0.39 is 35.9 Å². The first-order valence-electron chi connectivity index (χ1n) is 12.2. The van der Waals surface area contributed by atoms with Crippen molar-refractivity contribution in [2.24, 2.45) is 22.7 Å². The summed E-state index contributed by atoms with van der Waals surface area (Å²) in [6, 6.07) is 0. The SMILES string of the molecule is CO[C@H]1O[C@H]2O[C@]3(CC[C@@]2(O)[C@@H]1OC(C)=O)[C@H](C)C[C@@H](OC(C)=O)[C@H]1C(C)(C)CCC[C@@]13C. The molecule has 4 aliphatic rings. The second kappa shape index (κ2) is 8.18. The van der Waals surface area contributed by atoms with Gasteiger partial charge >= 0.3 is 11.9 Å². The van der Waals surface area contributed by atoms with Crippen molar-refractivity contribution in [3.8, 4) is 0 Å². The number of ether oxygens (including phenoxy) is 5. The monoisotopic (exact) mass is 468 g/mol. The van der Waals surface area contributed by atoms with E-state index in [0.29, 0.717) is 19.3 Å². The molecule has 2 heterocycles. The number of carbonyl (C=O) groups excluding carboxylic acids is 2. The fourth-order valence-electron chi connectivity index (χ4n) is 8.04. The second-order valence-corrected chi connectivity index (χ2v) is 11.6. The van der Waals surface area contributed by atoms with E-state index in [4.69, 9.17) is 23.7 Å². The van der Waals surface area contributed by atoms with E-state index in [2.05, 4.69) is 27.7 Å². The quantitative estimate of drug-likeness (QED) is 0.630. The van der Waals surface area contributed by atoms with Crippen LogP contribution in [0.25, 0.3) is 0 Å². The molecule has 4 fully saturated rings. The highest BCUT2D eigenvalue weighted by Gasteiger charge is 2.72. The van der Waals surface area contributed by atoms with Crippen molar-refractivity contribution in [2.75, 3.05) is 7.11 Å². The molecule has 0 aromatic carbocycles. The zero-order valence-corrected chi connectivity index (χ0v) is 21.0. The Kier molecular flexibility index (Phi) is 6.17. The predicted molar refractivity (Wildman–Crippen MR) is 118 cm³/mol. The molecule has 1 N–H and O–H groups in total. The summed E-state index contributed by atoms with van der Waals surface area (Å²) in [5.41, 5.74) is -2.39. The summed E-state index contributed by atoms with van der Waals surface area (Å²) < 4.78 is 29.6. The number of fused-ring (bicyclic) bond motifs is 3. The van der Waals surface area contributed by atoms with E-state index in [1.807, 2.05) is 0 Å². The van der Waals surface area contributed by atoms with Gasteiger partial charge in [-0.1, -0.05) is 34.1 Å². The molecule has 188 valence electrons. The Bertz CT molecular complexity index is 797. The zero-order valence-electron chi connectivity index (χ0n) is 21.0. The minimum Gasteiger partial charge on any atom is -0.462 e. The van der Waals surface area contributed by atoms with E-state index >= 15 is 0 Å². The maximum atomic E-state index is 12.0. The molecule has 0 radical (unpaired) electrons. The molecule has 33 heavy (non-hydrogen) atoms. The fraction of sp³-hybridized carbons (Fsp3) is 0.920. The molecule has 1 spiro atoms. The summed E-state index contributed by atoms with van der Waals surface area (Å²) in [4.78, 5) is 23.7. The van der Waals surface area contributed by atoms with Crippen LogP contribution in [0.2, 0.25) is 0 Å². The van der Waals surface area contributed by atoms with Crippen LogP contribution in [0.5, 0.6) is 0 Å². The summed E-state index contributed by atoms with van der Waals surface area (Å²) >= 11 is 0. The van der Waals surface area contributed by atoms with Crippen molar-refractivity contribution < 1.29 is 38.4 Å². The van der Waals surface area contributed by atoms with Crippen LogP contribution in [0.1, 0.15) is 80.1 Å². The number of esters is 2. The Hall–Kier alpha value is -1.22. The molecule has 0 amide bonds. The molecule has 2 aliphatic carbocycles. The standard InChI is InChI=1S/C25H40O8/c1-14-13-17(30-15(2)26)18-22(4,5)9-8-10-23(18,6)25(14)12-11-24(28)19(31-16(3)27)20(29-7)32-21(24)33-25/h14,17-21,28H,8-13H2,1-7H3/t14-,17-,18+,19-,20+,21+,23+,24-,25-/m1/s1. The Morgan fingerprint density at radius 2 is 1.67 bits per heavy atom. The molecule has 4 rings (SSSR count). The van der Waals surface area contributed by atoms with Crippen LogP contribution in [0.15, 0.2) is 0 Å². The van der Waals surface area contributed by atoms with Crippen LogP contribution in [0.4, 0.5) is 0 Å². The summed E-state index contributed by atoms with van der Waals surface area (Å²) in [6.45, 7) is 11.7. The lowest BCUT2D eigenvalue weighted by Gasteiger charge is -2.68. The van der Waals surface area contributed by atoms with Crippen LogP contribution in [0, 0.1) is 22.7 Å². The highest BCUT2D eigenvalue weighted by atomic mass is 16.8. The topological polar surface area (TPSA) is 101 Å². The molecule has 2 saturated heterocycles. The summed E-state index contributed by atoms with van der Waals surface area (Å²) in [5.74, 6) is -0.582. The largest absolute Gasteiger partial charge is 0.462 e. The Balaban J connectivity index is 1.73. The van der Waals surface area contributed by atoms with Crippen LogP contribution < -0.4 is 0 Å². The number of rotatable bonds is 3. The Labute approximate surface area is 196 Å². The van der Waals surface area contributed by atoms with Gasteiger partial charge in [-0.3, -0.25) is 9.59 Å². The third-order valence-corrected chi connectivity index (χ3v) is 9.23. The third-order valence-electron chi connectivity index (χ3n) is 9.23. The molecule has 0 bridgehead atoms. The zero-order chi connectivity index (χ0) is 24.4. The average molecular weight is 469 g/mol. The molecular formula is C25H40O8. The second-order valence-electron chi connectivity index (χ2n) is 11.6. The number of aliphatic hydroxyl groups is 1. The number of hydrogen-bond donors (Lipinski definition) is 1. The van der Waals surface area contributed by atoms with E-state index in [0.717, 1.165) is 19.3 Å². The lowest BCUT2D eigenvalue weighted by atomic mass is 9.42. The average Bonchev–Trinajstić information content (AvgIpc) is 2.96. The Morgan fingerprint density at radius 1 is 1.00 bits per heavy atom. The summed E-state index contributed by atoms with van der Waals surface area (Å²) in [7, 11) is 1.46. The van der Waals surface area contributed by atoms with Gasteiger partial charge in [-0.2, -0.15) is 0 Å². The van der Waals surface area contributed by atoms with E-state index in [-0.39, 0.29) is 34.7 Å². The van der Waals surface area contributed by atoms with Gasteiger partial charge in [-0.15, -0.1) is 0 Å². The fourth-order valence-corrected chi connectivity index (χ4v) is 8.04. The van der Waals surface area contributed by atoms with Crippen LogP contribution in [-0.2, 0) is 33.3 Å². The number of methoxy groups -OCH3 is 1. The lowest BCUT2D eigenvalue weighted by Crippen LogP contribution is -2.72. The molecule has 8 nitrogen and oxygen atoms in total. The van der Waals surface area contributed by atoms with Gasteiger partial charge in [-0.25, -0.2) is 0 Å². The minimum absolute atomic E-state index is 0.0385. The van der Waals surface area contributed by atoms with Crippen LogP contribution in [-0.4, -0.2) is 60.1 Å². The third kappa shape index (κ3) is 3.63. The van der Waals surface area contributed by atoms with Gasteiger partial charge in [0, 0.05) is 32.3 Å². The van der Waals surface area contributed by atoms with E-state index in [1.54, 1.807) is 0 Å². The summed E-state index contributed by atoms with van der Waals surface area (Å²) in [6.07, 6.45) is 1.67. The van der Waals surface area contributed by atoms with Gasteiger partial charge in [0.15, 0.2) is 18.0 Å². The van der Waals surface area contributed by atoms with E-state index in [9.17, 15) is 14.7 Å². The van der Waals surface area contributed by atoms with Crippen molar-refractivity contribution in [2.45, 2.75) is 116 Å². The summed E-state index contributed by atoms with van der Waals surface area (Å²) in [5, 5.41) is 11.6. The maximum Gasteiger partial charge on any atom is 0.303 e. The minimum atomic E-state index is -1.49. The van der Waals surface area contributed by atoms with Crippen LogP contribution >= 0.6 is 0 Å². The first-order chi connectivity index (χ1) is 15.3. The van der Waals surface area contributed by atoms with Gasteiger partial charge in [0.05, 0.1) is 5.60 Å². The van der Waals surface area contributed by atoms with Gasteiger partial charge in [-0.05, 0) is 43.4 Å². The first kappa shape index (κ1) is 24.9. The molecule has 8 heteroatoms. The normalized spacial score (nSPS) is 48.6. The first-order valence-corrected chi connectivity index (χ1v) is 12.2. The van der Waals surface area contributed by atoms with Crippen molar-refractivity contribution in [1.29, 1.82) is 0 Å². The van der Waals surface area contributed by atoms with Crippen molar-refractivity contribution in [3.05, 3.63) is 0 Å². The van der Waals surface area contributed by atoms with Crippen molar-refractivity contribution >= 4 is 11.9 Å². The highest BCUT2D eigenvalue weighted by Crippen LogP contribution is 2.67. The molecule has 0 aromatic rings. The molecule has 9 atom stereocenters. The number of carbonyl (C=O) groups is 2. The smallest absolute Gasteiger partial charge is 0.303 e. The Morgan fingerprint density at radius 3 is 2.27 bits per heavy atom. The molecule has 2 aliphatic heterocycles. The predicted octanol–water partition coefficient (Wildman–Crippen LogP) is 3.33. The van der Waals surface area contributed by atoms with Crippen molar-refractivity contribution in [3.63, 3.8) is 0 Å². The van der Waals surface area contributed by atoms with E-state index in [1.165, 1.54) is 21.0 Å². The molecule has 0 aromatic heterocycles. The number of hydrogen-bond acceptors (Lipinski definition) is 8. The van der Waals surface area contributed by atoms with Crippen molar-refractivity contribution in [1.82, 2.24) is 0 Å². The van der Waals surface area contributed by atoms with Gasteiger partial charge in [0.2, 0.25) is 6.29 Å². The van der Waals surface area contributed by atoms with Crippen LogP contribution in [0.3, 0.4) is 0 Å².